The second-order valence-corrected chi connectivity index (χ2v) is 4.41. The van der Waals surface area contributed by atoms with Crippen molar-refractivity contribution in [2.24, 2.45) is 0 Å². The molecule has 17 heavy (non-hydrogen) atoms. The van der Waals surface area contributed by atoms with Gasteiger partial charge in [-0.15, -0.1) is 0 Å². The van der Waals surface area contributed by atoms with Crippen LogP contribution in [0.5, 0.6) is 5.75 Å². The quantitative estimate of drug-likeness (QED) is 0.556. The lowest BCUT2D eigenvalue weighted by Crippen LogP contribution is -2.13. The molecular formula is C14H12O3. The maximum Gasteiger partial charge on any atom is 0.336 e. The van der Waals surface area contributed by atoms with Crippen LogP contribution in [0.15, 0.2) is 45.6 Å². The minimum absolute atomic E-state index is 0.0357. The molecule has 2 aromatic rings. The highest BCUT2D eigenvalue weighted by Crippen LogP contribution is 2.34. The van der Waals surface area contributed by atoms with Crippen molar-refractivity contribution < 1.29 is 9.15 Å². The van der Waals surface area contributed by atoms with Crippen molar-refractivity contribution >= 4 is 11.0 Å². The van der Waals surface area contributed by atoms with E-state index in [1.807, 2.05) is 13.0 Å². The van der Waals surface area contributed by atoms with Crippen molar-refractivity contribution in [2.45, 2.75) is 19.4 Å². The Morgan fingerprint density at radius 3 is 3.00 bits per heavy atom. The second-order valence-electron chi connectivity index (χ2n) is 4.41. The Bertz CT molecular complexity index is 667. The number of hydrogen-bond acceptors (Lipinski definition) is 3. The third-order valence-electron chi connectivity index (χ3n) is 3.03. The molecule has 1 atom stereocenters. The molecule has 0 aliphatic carbocycles. The molecule has 3 nitrogen and oxygen atoms in total. The average molecular weight is 228 g/mol. The van der Waals surface area contributed by atoms with Gasteiger partial charge in [-0.25, -0.2) is 4.79 Å². The van der Waals surface area contributed by atoms with Gasteiger partial charge in [0, 0.05) is 23.9 Å². The number of fused-ring (bicyclic) bond motifs is 2. The first kappa shape index (κ1) is 10.1. The molecule has 86 valence electrons. The molecule has 0 N–H and O–H groups in total. The van der Waals surface area contributed by atoms with Crippen LogP contribution in [0.25, 0.3) is 11.0 Å². The molecule has 0 fully saturated rings. The van der Waals surface area contributed by atoms with E-state index in [1.165, 1.54) is 6.07 Å². The molecule has 0 bridgehead atoms. The summed E-state index contributed by atoms with van der Waals surface area (Å²) in [5, 5.41) is 0.925. The van der Waals surface area contributed by atoms with E-state index in [0.717, 1.165) is 28.7 Å². The zero-order chi connectivity index (χ0) is 12.0. The summed E-state index contributed by atoms with van der Waals surface area (Å²) in [4.78, 5) is 11.1. The summed E-state index contributed by atoms with van der Waals surface area (Å²) in [6, 6.07) is 7.00. The van der Waals surface area contributed by atoms with Crippen molar-refractivity contribution in [3.8, 4) is 5.75 Å². The Hall–Kier alpha value is -2.03. The Labute approximate surface area is 98.3 Å². The van der Waals surface area contributed by atoms with Crippen LogP contribution in [0.2, 0.25) is 0 Å². The SMILES string of the molecule is C=C(C)[C@H]1Cc2cc3ccc(=O)oc3cc2O1. The zero-order valence-electron chi connectivity index (χ0n) is 9.53. The molecule has 3 heteroatoms. The monoisotopic (exact) mass is 228 g/mol. The zero-order valence-corrected chi connectivity index (χ0v) is 9.53. The lowest BCUT2D eigenvalue weighted by molar-refractivity contribution is 0.271. The molecule has 0 saturated heterocycles. The van der Waals surface area contributed by atoms with Crippen LogP contribution in [0.3, 0.4) is 0 Å². The van der Waals surface area contributed by atoms with Gasteiger partial charge in [0.25, 0.3) is 0 Å². The highest BCUT2D eigenvalue weighted by Gasteiger charge is 2.24. The topological polar surface area (TPSA) is 39.4 Å². The van der Waals surface area contributed by atoms with E-state index >= 15 is 0 Å². The maximum atomic E-state index is 11.1. The van der Waals surface area contributed by atoms with Gasteiger partial charge in [0.15, 0.2) is 0 Å². The fraction of sp³-hybridized carbons (Fsp3) is 0.214. The summed E-state index contributed by atoms with van der Waals surface area (Å²) in [5.41, 5.74) is 2.37. The standard InChI is InChI=1S/C14H12O3/c1-8(2)11-6-10-5-9-3-4-14(15)17-12(9)7-13(10)16-11/h3-5,7,11H,1,6H2,2H3/t11-/m1/s1. The Balaban J connectivity index is 2.15. The van der Waals surface area contributed by atoms with E-state index in [-0.39, 0.29) is 11.7 Å². The Morgan fingerprint density at radius 1 is 1.41 bits per heavy atom. The van der Waals surface area contributed by atoms with Crippen LogP contribution >= 0.6 is 0 Å². The van der Waals surface area contributed by atoms with Gasteiger partial charge in [-0.05, 0) is 30.2 Å². The molecule has 0 amide bonds. The number of benzene rings is 1. The Kier molecular flexibility index (Phi) is 2.08. The predicted octanol–water partition coefficient (Wildman–Crippen LogP) is 2.67. The number of rotatable bonds is 1. The molecule has 2 heterocycles. The lowest BCUT2D eigenvalue weighted by atomic mass is 10.0. The van der Waals surface area contributed by atoms with Gasteiger partial charge in [0.2, 0.25) is 0 Å². The van der Waals surface area contributed by atoms with E-state index in [2.05, 4.69) is 6.58 Å². The van der Waals surface area contributed by atoms with Gasteiger partial charge in [0.05, 0.1) is 0 Å². The van der Waals surface area contributed by atoms with Crippen molar-refractivity contribution in [3.05, 3.63) is 52.4 Å². The van der Waals surface area contributed by atoms with E-state index < -0.39 is 0 Å². The molecule has 0 radical (unpaired) electrons. The summed E-state index contributed by atoms with van der Waals surface area (Å²) in [5.74, 6) is 0.792. The highest BCUT2D eigenvalue weighted by molar-refractivity contribution is 5.79. The predicted molar refractivity (Wildman–Crippen MR) is 65.4 cm³/mol. The van der Waals surface area contributed by atoms with Crippen LogP contribution < -0.4 is 10.4 Å². The molecule has 3 rings (SSSR count). The summed E-state index contributed by atoms with van der Waals surface area (Å²) in [6.07, 6.45) is 0.869. The van der Waals surface area contributed by atoms with Gasteiger partial charge >= 0.3 is 5.63 Å². The van der Waals surface area contributed by atoms with Crippen LogP contribution in [-0.4, -0.2) is 6.10 Å². The van der Waals surface area contributed by atoms with Gasteiger partial charge in [-0.1, -0.05) is 6.58 Å². The van der Waals surface area contributed by atoms with Crippen LogP contribution in [0.1, 0.15) is 12.5 Å². The molecule has 1 aliphatic heterocycles. The fourth-order valence-electron chi connectivity index (χ4n) is 2.08. The summed E-state index contributed by atoms with van der Waals surface area (Å²) in [7, 11) is 0. The largest absolute Gasteiger partial charge is 0.485 e. The summed E-state index contributed by atoms with van der Waals surface area (Å²) < 4.78 is 10.9. The van der Waals surface area contributed by atoms with Gasteiger partial charge < -0.3 is 9.15 Å². The second kappa shape index (κ2) is 3.48. The minimum Gasteiger partial charge on any atom is -0.485 e. The highest BCUT2D eigenvalue weighted by atomic mass is 16.5. The smallest absolute Gasteiger partial charge is 0.336 e. The van der Waals surface area contributed by atoms with E-state index in [4.69, 9.17) is 9.15 Å². The van der Waals surface area contributed by atoms with E-state index in [0.29, 0.717) is 5.58 Å². The Morgan fingerprint density at radius 2 is 2.24 bits per heavy atom. The van der Waals surface area contributed by atoms with E-state index in [1.54, 1.807) is 12.1 Å². The van der Waals surface area contributed by atoms with Crippen molar-refractivity contribution in [3.63, 3.8) is 0 Å². The molecule has 1 aliphatic rings. The summed E-state index contributed by atoms with van der Waals surface area (Å²) >= 11 is 0. The van der Waals surface area contributed by atoms with Gasteiger partial charge in [-0.3, -0.25) is 0 Å². The van der Waals surface area contributed by atoms with Crippen molar-refractivity contribution in [1.82, 2.24) is 0 Å². The van der Waals surface area contributed by atoms with Gasteiger partial charge in [-0.2, -0.15) is 0 Å². The maximum absolute atomic E-state index is 11.1. The third-order valence-corrected chi connectivity index (χ3v) is 3.03. The molecule has 0 spiro atoms. The number of hydrogen-bond donors (Lipinski definition) is 0. The van der Waals surface area contributed by atoms with E-state index in [9.17, 15) is 4.79 Å². The normalized spacial score (nSPS) is 17.8. The molecule has 0 saturated carbocycles. The molecule has 0 unspecified atom stereocenters. The molecule has 1 aromatic heterocycles. The number of ether oxygens (including phenoxy) is 1. The lowest BCUT2D eigenvalue weighted by Gasteiger charge is -2.08. The van der Waals surface area contributed by atoms with Crippen molar-refractivity contribution in [1.29, 1.82) is 0 Å². The van der Waals surface area contributed by atoms with Crippen LogP contribution in [-0.2, 0) is 6.42 Å². The first-order valence-electron chi connectivity index (χ1n) is 5.52. The molecular weight excluding hydrogens is 216 g/mol. The van der Waals surface area contributed by atoms with Crippen molar-refractivity contribution in [2.75, 3.05) is 0 Å². The minimum atomic E-state index is -0.341. The van der Waals surface area contributed by atoms with Crippen LogP contribution in [0, 0.1) is 0 Å². The van der Waals surface area contributed by atoms with Gasteiger partial charge in [0.1, 0.15) is 17.4 Å². The van der Waals surface area contributed by atoms with Crippen LogP contribution in [0.4, 0.5) is 0 Å². The first-order valence-corrected chi connectivity index (χ1v) is 5.52. The first-order chi connectivity index (χ1) is 8.13. The average Bonchev–Trinajstić information content (AvgIpc) is 2.68. The fourth-order valence-corrected chi connectivity index (χ4v) is 2.08. The molecule has 1 aromatic carbocycles. The summed E-state index contributed by atoms with van der Waals surface area (Å²) in [6.45, 7) is 5.86. The third kappa shape index (κ3) is 1.64.